The van der Waals surface area contributed by atoms with Crippen LogP contribution in [0.2, 0.25) is 0 Å². The monoisotopic (exact) mass is 390 g/mol. The number of para-hydroxylation sites is 1. The van der Waals surface area contributed by atoms with Crippen LogP contribution < -0.4 is 4.90 Å². The van der Waals surface area contributed by atoms with Gasteiger partial charge in [0.15, 0.2) is 0 Å². The molecule has 2 aliphatic rings. The van der Waals surface area contributed by atoms with E-state index in [1.54, 1.807) is 17.5 Å². The van der Waals surface area contributed by atoms with Crippen LogP contribution in [-0.2, 0) is 21.2 Å². The second-order valence-corrected chi connectivity index (χ2v) is 10.1. The lowest BCUT2D eigenvalue weighted by atomic mass is 9.97. The molecule has 5 nitrogen and oxygen atoms in total. The Morgan fingerprint density at radius 2 is 2.00 bits per heavy atom. The highest BCUT2D eigenvalue weighted by Gasteiger charge is 2.39. The SMILES string of the molecule is C[C@H]1Cc2ccccc2N1C(=O)[C@@H]1CCCN(S(=O)(=O)c2cccs2)C1. The van der Waals surface area contributed by atoms with E-state index in [1.165, 1.54) is 21.2 Å². The summed E-state index contributed by atoms with van der Waals surface area (Å²) >= 11 is 1.22. The molecule has 1 aromatic heterocycles. The number of rotatable bonds is 3. The zero-order chi connectivity index (χ0) is 18.3. The summed E-state index contributed by atoms with van der Waals surface area (Å²) in [6, 6.07) is 11.5. The molecule has 138 valence electrons. The van der Waals surface area contributed by atoms with Crippen molar-refractivity contribution in [1.82, 2.24) is 4.31 Å². The molecule has 2 atom stereocenters. The Labute approximate surface area is 158 Å². The van der Waals surface area contributed by atoms with Gasteiger partial charge in [0.1, 0.15) is 4.21 Å². The Balaban J connectivity index is 1.56. The topological polar surface area (TPSA) is 57.7 Å². The quantitative estimate of drug-likeness (QED) is 0.809. The minimum atomic E-state index is -3.50. The summed E-state index contributed by atoms with van der Waals surface area (Å²) < 4.78 is 27.5. The van der Waals surface area contributed by atoms with Gasteiger partial charge in [0.05, 0.1) is 5.92 Å². The van der Waals surface area contributed by atoms with Crippen molar-refractivity contribution in [2.75, 3.05) is 18.0 Å². The molecule has 0 bridgehead atoms. The number of hydrogen-bond donors (Lipinski definition) is 0. The van der Waals surface area contributed by atoms with E-state index < -0.39 is 10.0 Å². The maximum atomic E-state index is 13.2. The summed E-state index contributed by atoms with van der Waals surface area (Å²) in [6.45, 7) is 2.81. The molecule has 1 fully saturated rings. The molecule has 26 heavy (non-hydrogen) atoms. The molecular weight excluding hydrogens is 368 g/mol. The Kier molecular flexibility index (Phi) is 4.62. The van der Waals surface area contributed by atoms with Crippen molar-refractivity contribution in [2.24, 2.45) is 5.92 Å². The van der Waals surface area contributed by atoms with Crippen molar-refractivity contribution >= 4 is 33.0 Å². The predicted molar refractivity (Wildman–Crippen MR) is 103 cm³/mol. The number of sulfonamides is 1. The molecule has 0 aliphatic carbocycles. The summed E-state index contributed by atoms with van der Waals surface area (Å²) in [6.07, 6.45) is 2.30. The number of thiophene rings is 1. The van der Waals surface area contributed by atoms with Gasteiger partial charge in [-0.25, -0.2) is 8.42 Å². The molecule has 0 spiro atoms. The lowest BCUT2D eigenvalue weighted by Gasteiger charge is -2.34. The number of fused-ring (bicyclic) bond motifs is 1. The van der Waals surface area contributed by atoms with Crippen LogP contribution in [0.3, 0.4) is 0 Å². The van der Waals surface area contributed by atoms with E-state index in [0.29, 0.717) is 17.2 Å². The molecule has 2 aliphatic heterocycles. The van der Waals surface area contributed by atoms with Crippen LogP contribution in [0.5, 0.6) is 0 Å². The molecule has 1 saturated heterocycles. The fraction of sp³-hybridized carbons (Fsp3) is 0.421. The largest absolute Gasteiger partial charge is 0.309 e. The van der Waals surface area contributed by atoms with Gasteiger partial charge >= 0.3 is 0 Å². The van der Waals surface area contributed by atoms with Crippen LogP contribution in [0.1, 0.15) is 25.3 Å². The fourth-order valence-electron chi connectivity index (χ4n) is 4.00. The van der Waals surface area contributed by atoms with E-state index in [9.17, 15) is 13.2 Å². The average molecular weight is 391 g/mol. The van der Waals surface area contributed by atoms with E-state index in [2.05, 4.69) is 13.0 Å². The van der Waals surface area contributed by atoms with E-state index in [0.717, 1.165) is 18.5 Å². The lowest BCUT2D eigenvalue weighted by molar-refractivity contribution is -0.123. The van der Waals surface area contributed by atoms with Gasteiger partial charge in [0.25, 0.3) is 10.0 Å². The number of hydrogen-bond acceptors (Lipinski definition) is 4. The zero-order valence-corrected chi connectivity index (χ0v) is 16.3. The molecule has 1 aromatic carbocycles. The number of benzene rings is 1. The number of carbonyl (C=O) groups is 1. The van der Waals surface area contributed by atoms with Crippen molar-refractivity contribution in [3.05, 3.63) is 47.3 Å². The Bertz CT molecular complexity index is 909. The van der Waals surface area contributed by atoms with Crippen LogP contribution in [0, 0.1) is 5.92 Å². The van der Waals surface area contributed by atoms with Crippen molar-refractivity contribution < 1.29 is 13.2 Å². The number of anilines is 1. The van der Waals surface area contributed by atoms with Gasteiger partial charge in [-0.2, -0.15) is 4.31 Å². The van der Waals surface area contributed by atoms with Crippen molar-refractivity contribution in [2.45, 2.75) is 36.4 Å². The van der Waals surface area contributed by atoms with Crippen molar-refractivity contribution in [3.8, 4) is 0 Å². The minimum Gasteiger partial charge on any atom is -0.309 e. The molecule has 2 aromatic rings. The van der Waals surface area contributed by atoms with E-state index in [4.69, 9.17) is 0 Å². The summed E-state index contributed by atoms with van der Waals surface area (Å²) in [5.41, 5.74) is 2.16. The van der Waals surface area contributed by atoms with Gasteiger partial charge in [-0.1, -0.05) is 24.3 Å². The van der Waals surface area contributed by atoms with Crippen molar-refractivity contribution in [1.29, 1.82) is 0 Å². The van der Waals surface area contributed by atoms with E-state index in [-0.39, 0.29) is 24.4 Å². The third kappa shape index (κ3) is 2.98. The second kappa shape index (κ2) is 6.79. The van der Waals surface area contributed by atoms with Crippen molar-refractivity contribution in [3.63, 3.8) is 0 Å². The van der Waals surface area contributed by atoms with Crippen LogP contribution in [0.15, 0.2) is 46.0 Å². The first kappa shape index (κ1) is 17.7. The first-order valence-corrected chi connectivity index (χ1v) is 11.2. The predicted octanol–water partition coefficient (Wildman–Crippen LogP) is 3.13. The van der Waals surface area contributed by atoms with E-state index in [1.807, 2.05) is 23.1 Å². The van der Waals surface area contributed by atoms with Gasteiger partial charge in [0, 0.05) is 24.8 Å². The van der Waals surface area contributed by atoms with Gasteiger partial charge in [-0.3, -0.25) is 4.79 Å². The van der Waals surface area contributed by atoms with E-state index >= 15 is 0 Å². The molecule has 4 rings (SSSR count). The fourth-order valence-corrected chi connectivity index (χ4v) is 6.67. The summed E-state index contributed by atoms with van der Waals surface area (Å²) in [5.74, 6) is -0.236. The Morgan fingerprint density at radius 3 is 2.77 bits per heavy atom. The molecule has 0 N–H and O–H groups in total. The number of nitrogens with zero attached hydrogens (tertiary/aromatic N) is 2. The summed E-state index contributed by atoms with van der Waals surface area (Å²) in [4.78, 5) is 15.1. The second-order valence-electron chi connectivity index (χ2n) is 7.02. The Morgan fingerprint density at radius 1 is 1.19 bits per heavy atom. The molecule has 7 heteroatoms. The van der Waals surface area contributed by atoms with Crippen LogP contribution in [0.4, 0.5) is 5.69 Å². The summed E-state index contributed by atoms with van der Waals surface area (Å²) in [7, 11) is -3.50. The number of amides is 1. The molecular formula is C19H22N2O3S2. The highest BCUT2D eigenvalue weighted by molar-refractivity contribution is 7.91. The molecule has 0 radical (unpaired) electrons. The maximum Gasteiger partial charge on any atom is 0.252 e. The minimum absolute atomic E-state index is 0.0496. The molecule has 0 saturated carbocycles. The lowest BCUT2D eigenvalue weighted by Crippen LogP contribution is -2.48. The average Bonchev–Trinajstić information content (AvgIpc) is 3.29. The third-order valence-corrected chi connectivity index (χ3v) is 8.51. The highest BCUT2D eigenvalue weighted by atomic mass is 32.2. The van der Waals surface area contributed by atoms with Gasteiger partial charge in [0.2, 0.25) is 5.91 Å². The van der Waals surface area contributed by atoms with Gasteiger partial charge in [-0.15, -0.1) is 11.3 Å². The van der Waals surface area contributed by atoms with Gasteiger partial charge in [-0.05, 0) is 49.3 Å². The number of piperidine rings is 1. The number of carbonyl (C=O) groups excluding carboxylic acids is 1. The molecule has 0 unspecified atom stereocenters. The maximum absolute atomic E-state index is 13.2. The highest BCUT2D eigenvalue weighted by Crippen LogP contribution is 2.35. The Hall–Kier alpha value is -1.70. The van der Waals surface area contributed by atoms with Crippen LogP contribution in [-0.4, -0.2) is 37.8 Å². The van der Waals surface area contributed by atoms with Crippen LogP contribution in [0.25, 0.3) is 0 Å². The first-order chi connectivity index (χ1) is 12.5. The molecule has 3 heterocycles. The molecule has 1 amide bonds. The van der Waals surface area contributed by atoms with Crippen LogP contribution >= 0.6 is 11.3 Å². The standard InChI is InChI=1S/C19H22N2O3S2/c1-14-12-15-6-2-3-8-17(15)21(14)19(22)16-7-4-10-20(13-16)26(23,24)18-9-5-11-25-18/h2-3,5-6,8-9,11,14,16H,4,7,10,12-13H2,1H3/t14-,16+/m0/s1. The first-order valence-electron chi connectivity index (χ1n) is 8.93. The smallest absolute Gasteiger partial charge is 0.252 e. The summed E-state index contributed by atoms with van der Waals surface area (Å²) in [5, 5.41) is 1.77. The zero-order valence-electron chi connectivity index (χ0n) is 14.7. The van der Waals surface area contributed by atoms with Gasteiger partial charge < -0.3 is 4.90 Å². The third-order valence-electron chi connectivity index (χ3n) is 5.27. The normalized spacial score (nSPS) is 23.8.